The van der Waals surface area contributed by atoms with Crippen molar-refractivity contribution >= 4 is 11.7 Å². The summed E-state index contributed by atoms with van der Waals surface area (Å²) in [5, 5.41) is 3.31. The third-order valence-electron chi connectivity index (χ3n) is 3.92. The van der Waals surface area contributed by atoms with Gasteiger partial charge in [-0.2, -0.15) is 0 Å². The highest BCUT2D eigenvalue weighted by Gasteiger charge is 2.28. The van der Waals surface area contributed by atoms with Crippen molar-refractivity contribution in [1.82, 2.24) is 19.8 Å². The largest absolute Gasteiger partial charge is 0.367 e. The van der Waals surface area contributed by atoms with Gasteiger partial charge < -0.3 is 10.2 Å². The molecular weight excluding hydrogens is 266 g/mol. The van der Waals surface area contributed by atoms with E-state index in [1.807, 2.05) is 0 Å². The highest BCUT2D eigenvalue weighted by Crippen LogP contribution is 2.21. The van der Waals surface area contributed by atoms with Crippen LogP contribution in [-0.2, 0) is 0 Å². The maximum atomic E-state index is 11.9. The fourth-order valence-electron chi connectivity index (χ4n) is 2.52. The molecule has 0 radical (unpaired) electrons. The molecule has 1 amide bonds. The number of rotatable bonds is 5. The van der Waals surface area contributed by atoms with Crippen LogP contribution in [0.15, 0.2) is 12.4 Å². The van der Waals surface area contributed by atoms with Gasteiger partial charge in [0.05, 0.1) is 12.4 Å². The van der Waals surface area contributed by atoms with Gasteiger partial charge >= 0.3 is 0 Å². The van der Waals surface area contributed by atoms with Crippen molar-refractivity contribution in [2.75, 3.05) is 39.0 Å². The fourth-order valence-corrected chi connectivity index (χ4v) is 2.52. The lowest BCUT2D eigenvalue weighted by Crippen LogP contribution is -2.47. The molecule has 1 aliphatic heterocycles. The second-order valence-electron chi connectivity index (χ2n) is 6.35. The second kappa shape index (κ2) is 6.39. The van der Waals surface area contributed by atoms with E-state index in [2.05, 4.69) is 34.0 Å². The summed E-state index contributed by atoms with van der Waals surface area (Å²) in [6, 6.07) is 0. The van der Waals surface area contributed by atoms with Crippen LogP contribution >= 0.6 is 0 Å². The Morgan fingerprint density at radius 2 is 2.00 bits per heavy atom. The van der Waals surface area contributed by atoms with Crippen LogP contribution in [0, 0.1) is 0 Å². The van der Waals surface area contributed by atoms with Gasteiger partial charge in [-0.15, -0.1) is 0 Å². The summed E-state index contributed by atoms with van der Waals surface area (Å²) in [5.74, 6) is 0.514. The SMILES string of the molecule is CN(C)C(=O)c1cncc(NCC(C)(C)N2CCCC2)n1. The number of amides is 1. The molecule has 0 bridgehead atoms. The van der Waals surface area contributed by atoms with Crippen molar-refractivity contribution < 1.29 is 4.79 Å². The predicted octanol–water partition coefficient (Wildman–Crippen LogP) is 1.46. The molecule has 0 aliphatic carbocycles. The van der Waals surface area contributed by atoms with Crippen molar-refractivity contribution in [1.29, 1.82) is 0 Å². The van der Waals surface area contributed by atoms with E-state index in [-0.39, 0.29) is 11.4 Å². The van der Waals surface area contributed by atoms with Crippen LogP contribution < -0.4 is 5.32 Å². The number of hydrogen-bond donors (Lipinski definition) is 1. The van der Waals surface area contributed by atoms with Crippen LogP contribution in [0.3, 0.4) is 0 Å². The van der Waals surface area contributed by atoms with E-state index in [1.165, 1.54) is 23.9 Å². The van der Waals surface area contributed by atoms with Crippen molar-refractivity contribution in [2.24, 2.45) is 0 Å². The first kappa shape index (κ1) is 15.7. The summed E-state index contributed by atoms with van der Waals surface area (Å²) in [4.78, 5) is 24.3. The standard InChI is InChI=1S/C15H25N5O/c1-15(2,20-7-5-6-8-20)11-17-13-10-16-9-12(18-13)14(21)19(3)4/h9-10H,5-8,11H2,1-4H3,(H,17,18). The Bertz CT molecular complexity index is 495. The number of hydrogen-bond acceptors (Lipinski definition) is 5. The quantitative estimate of drug-likeness (QED) is 0.890. The number of likely N-dealkylation sites (tertiary alicyclic amines) is 1. The first-order valence-electron chi connectivity index (χ1n) is 7.43. The molecule has 1 fully saturated rings. The van der Waals surface area contributed by atoms with Crippen LogP contribution in [0.2, 0.25) is 0 Å². The van der Waals surface area contributed by atoms with Gasteiger partial charge in [0.2, 0.25) is 0 Å². The molecular formula is C15H25N5O. The lowest BCUT2D eigenvalue weighted by atomic mass is 10.0. The van der Waals surface area contributed by atoms with Crippen molar-refractivity contribution in [3.8, 4) is 0 Å². The number of carbonyl (C=O) groups is 1. The first-order chi connectivity index (χ1) is 9.90. The molecule has 6 nitrogen and oxygen atoms in total. The van der Waals surface area contributed by atoms with Gasteiger partial charge in [-0.1, -0.05) is 0 Å². The van der Waals surface area contributed by atoms with E-state index in [0.29, 0.717) is 11.5 Å². The zero-order chi connectivity index (χ0) is 15.5. The second-order valence-corrected chi connectivity index (χ2v) is 6.35. The molecule has 6 heteroatoms. The molecule has 0 saturated carbocycles. The zero-order valence-corrected chi connectivity index (χ0v) is 13.4. The smallest absolute Gasteiger partial charge is 0.273 e. The van der Waals surface area contributed by atoms with Crippen molar-refractivity contribution in [3.05, 3.63) is 18.1 Å². The number of anilines is 1. The third kappa shape index (κ3) is 3.91. The fraction of sp³-hybridized carbons (Fsp3) is 0.667. The average Bonchev–Trinajstić information content (AvgIpc) is 2.99. The Morgan fingerprint density at radius 1 is 1.33 bits per heavy atom. The predicted molar refractivity (Wildman–Crippen MR) is 83.4 cm³/mol. The Kier molecular flexibility index (Phi) is 4.77. The van der Waals surface area contributed by atoms with Gasteiger partial charge in [-0.3, -0.25) is 14.7 Å². The minimum absolute atomic E-state index is 0.0692. The highest BCUT2D eigenvalue weighted by molar-refractivity contribution is 5.91. The number of nitrogens with zero attached hydrogens (tertiary/aromatic N) is 4. The lowest BCUT2D eigenvalue weighted by molar-refractivity contribution is 0.0821. The molecule has 1 aromatic rings. The van der Waals surface area contributed by atoms with Gasteiger partial charge in [-0.05, 0) is 39.8 Å². The van der Waals surface area contributed by atoms with Gasteiger partial charge in [-0.25, -0.2) is 4.98 Å². The molecule has 1 aliphatic rings. The van der Waals surface area contributed by atoms with Crippen LogP contribution in [0.4, 0.5) is 5.82 Å². The molecule has 2 heterocycles. The topological polar surface area (TPSA) is 61.4 Å². The van der Waals surface area contributed by atoms with Gasteiger partial charge in [0, 0.05) is 26.2 Å². The van der Waals surface area contributed by atoms with Crippen LogP contribution in [-0.4, -0.2) is 64.9 Å². The molecule has 0 spiro atoms. The first-order valence-corrected chi connectivity index (χ1v) is 7.43. The van der Waals surface area contributed by atoms with Crippen LogP contribution in [0.25, 0.3) is 0 Å². The van der Waals surface area contributed by atoms with E-state index in [0.717, 1.165) is 19.6 Å². The zero-order valence-electron chi connectivity index (χ0n) is 13.4. The number of carbonyl (C=O) groups excluding carboxylic acids is 1. The minimum Gasteiger partial charge on any atom is -0.367 e. The summed E-state index contributed by atoms with van der Waals surface area (Å²) in [6.07, 6.45) is 5.71. The Balaban J connectivity index is 2.00. The van der Waals surface area contributed by atoms with Gasteiger partial charge in [0.1, 0.15) is 11.5 Å². The Labute approximate surface area is 126 Å². The van der Waals surface area contributed by atoms with E-state index < -0.39 is 0 Å². The van der Waals surface area contributed by atoms with Gasteiger partial charge in [0.15, 0.2) is 0 Å². The molecule has 21 heavy (non-hydrogen) atoms. The summed E-state index contributed by atoms with van der Waals surface area (Å²) in [7, 11) is 3.42. The van der Waals surface area contributed by atoms with E-state index in [9.17, 15) is 4.79 Å². The van der Waals surface area contributed by atoms with E-state index in [1.54, 1.807) is 20.3 Å². The van der Waals surface area contributed by atoms with Crippen molar-refractivity contribution in [2.45, 2.75) is 32.2 Å². The molecule has 0 atom stereocenters. The van der Waals surface area contributed by atoms with E-state index in [4.69, 9.17) is 0 Å². The molecule has 0 unspecified atom stereocenters. The Morgan fingerprint density at radius 3 is 2.62 bits per heavy atom. The summed E-state index contributed by atoms with van der Waals surface area (Å²) < 4.78 is 0. The van der Waals surface area contributed by atoms with Crippen molar-refractivity contribution in [3.63, 3.8) is 0 Å². The minimum atomic E-state index is -0.134. The van der Waals surface area contributed by atoms with Crippen LogP contribution in [0.1, 0.15) is 37.2 Å². The molecule has 1 N–H and O–H groups in total. The summed E-state index contributed by atoms with van der Waals surface area (Å²) >= 11 is 0. The monoisotopic (exact) mass is 291 g/mol. The maximum Gasteiger partial charge on any atom is 0.273 e. The van der Waals surface area contributed by atoms with Crippen LogP contribution in [0.5, 0.6) is 0 Å². The maximum absolute atomic E-state index is 11.9. The highest BCUT2D eigenvalue weighted by atomic mass is 16.2. The summed E-state index contributed by atoms with van der Waals surface area (Å²) in [5.41, 5.74) is 0.434. The molecule has 116 valence electrons. The third-order valence-corrected chi connectivity index (χ3v) is 3.92. The average molecular weight is 291 g/mol. The summed E-state index contributed by atoms with van der Waals surface area (Å²) in [6.45, 7) is 7.54. The molecule has 2 rings (SSSR count). The normalized spacial score (nSPS) is 16.0. The molecule has 0 aromatic carbocycles. The number of nitrogens with one attached hydrogen (secondary N) is 1. The molecule has 1 saturated heterocycles. The van der Waals surface area contributed by atoms with E-state index >= 15 is 0 Å². The lowest BCUT2D eigenvalue weighted by Gasteiger charge is -2.35. The van der Waals surface area contributed by atoms with Gasteiger partial charge in [0.25, 0.3) is 5.91 Å². The Hall–Kier alpha value is -1.69. The molecule has 1 aromatic heterocycles. The number of aromatic nitrogens is 2.